The largest absolute Gasteiger partial charge is 0.573 e. The maximum atomic E-state index is 12.2. The van der Waals surface area contributed by atoms with Gasteiger partial charge >= 0.3 is 6.36 Å². The third-order valence-electron chi connectivity index (χ3n) is 4.11. The van der Waals surface area contributed by atoms with Gasteiger partial charge in [-0.1, -0.05) is 24.3 Å². The van der Waals surface area contributed by atoms with Crippen molar-refractivity contribution in [3.63, 3.8) is 0 Å². The molecule has 3 aromatic carbocycles. The van der Waals surface area contributed by atoms with E-state index in [2.05, 4.69) is 10.1 Å². The van der Waals surface area contributed by atoms with E-state index in [1.807, 2.05) is 24.3 Å². The number of ether oxygens (including phenoxy) is 2. The normalized spacial score (nSPS) is 11.2. The first-order valence-corrected chi connectivity index (χ1v) is 9.00. The summed E-state index contributed by atoms with van der Waals surface area (Å²) < 4.78 is 46.1. The molecule has 0 aromatic heterocycles. The first-order chi connectivity index (χ1) is 14.3. The highest BCUT2D eigenvalue weighted by atomic mass is 19.4. The number of amides is 1. The van der Waals surface area contributed by atoms with E-state index in [1.54, 1.807) is 36.4 Å². The first-order valence-electron chi connectivity index (χ1n) is 9.00. The molecule has 1 amide bonds. The molecule has 30 heavy (non-hydrogen) atoms. The van der Waals surface area contributed by atoms with Gasteiger partial charge in [0.1, 0.15) is 17.2 Å². The van der Waals surface area contributed by atoms with Crippen LogP contribution in [0.3, 0.4) is 0 Å². The molecule has 0 saturated carbocycles. The third kappa shape index (κ3) is 6.52. The van der Waals surface area contributed by atoms with Crippen LogP contribution >= 0.6 is 0 Å². The van der Waals surface area contributed by atoms with Crippen molar-refractivity contribution in [1.82, 2.24) is 5.32 Å². The summed E-state index contributed by atoms with van der Waals surface area (Å²) in [4.78, 5) is 11.1. The van der Waals surface area contributed by atoms with E-state index >= 15 is 0 Å². The second-order valence-corrected chi connectivity index (χ2v) is 6.43. The number of carbonyl (C=O) groups excluding carboxylic acids is 1. The van der Waals surface area contributed by atoms with Crippen molar-refractivity contribution in [3.8, 4) is 17.2 Å². The molecule has 0 saturated heterocycles. The highest BCUT2D eigenvalue weighted by molar-refractivity contribution is 5.92. The van der Waals surface area contributed by atoms with Crippen molar-refractivity contribution < 1.29 is 27.4 Å². The average Bonchev–Trinajstić information content (AvgIpc) is 2.70. The van der Waals surface area contributed by atoms with Gasteiger partial charge in [0.2, 0.25) is 5.91 Å². The lowest BCUT2D eigenvalue weighted by Crippen LogP contribution is -2.17. The fourth-order valence-electron chi connectivity index (χ4n) is 2.66. The van der Waals surface area contributed by atoms with E-state index in [4.69, 9.17) is 10.5 Å². The summed E-state index contributed by atoms with van der Waals surface area (Å²) >= 11 is 0. The van der Waals surface area contributed by atoms with Crippen LogP contribution in [0.15, 0.2) is 72.8 Å². The zero-order valence-electron chi connectivity index (χ0n) is 15.8. The Morgan fingerprint density at radius 2 is 1.20 bits per heavy atom. The topological polar surface area (TPSA) is 73.6 Å². The van der Waals surface area contributed by atoms with Gasteiger partial charge in [0.15, 0.2) is 0 Å². The summed E-state index contributed by atoms with van der Waals surface area (Å²) in [6.07, 6.45) is -4.69. The second kappa shape index (κ2) is 9.32. The molecule has 0 spiro atoms. The number of nitrogens with two attached hydrogens (primary N) is 1. The highest BCUT2D eigenvalue weighted by Gasteiger charge is 2.30. The first kappa shape index (κ1) is 21.2. The fraction of sp³-hybridized carbons (Fsp3) is 0.136. The Morgan fingerprint density at radius 3 is 1.63 bits per heavy atom. The molecule has 3 N–H and O–H groups in total. The number of halogens is 3. The number of primary amides is 1. The van der Waals surface area contributed by atoms with Crippen LogP contribution in [-0.4, -0.2) is 12.3 Å². The van der Waals surface area contributed by atoms with Crippen LogP contribution in [0.5, 0.6) is 17.2 Å². The summed E-state index contributed by atoms with van der Waals surface area (Å²) in [7, 11) is 0. The smallest absolute Gasteiger partial charge is 0.457 e. The molecular formula is C22H19F3N2O3. The van der Waals surface area contributed by atoms with Gasteiger partial charge in [0, 0.05) is 18.7 Å². The lowest BCUT2D eigenvalue weighted by atomic mass is 10.2. The lowest BCUT2D eigenvalue weighted by Gasteiger charge is -2.10. The Balaban J connectivity index is 1.47. The predicted molar refractivity (Wildman–Crippen MR) is 105 cm³/mol. The van der Waals surface area contributed by atoms with E-state index in [0.717, 1.165) is 11.1 Å². The third-order valence-corrected chi connectivity index (χ3v) is 4.11. The molecule has 8 heteroatoms. The van der Waals surface area contributed by atoms with Crippen LogP contribution in [0.1, 0.15) is 21.5 Å². The van der Waals surface area contributed by atoms with E-state index in [9.17, 15) is 18.0 Å². The van der Waals surface area contributed by atoms with Gasteiger partial charge in [-0.25, -0.2) is 0 Å². The van der Waals surface area contributed by atoms with E-state index in [1.165, 1.54) is 12.1 Å². The van der Waals surface area contributed by atoms with Crippen LogP contribution in [0.4, 0.5) is 13.2 Å². The van der Waals surface area contributed by atoms with Gasteiger partial charge in [-0.2, -0.15) is 0 Å². The van der Waals surface area contributed by atoms with Crippen LogP contribution in [0.25, 0.3) is 0 Å². The van der Waals surface area contributed by atoms with Crippen molar-refractivity contribution in [2.45, 2.75) is 19.5 Å². The minimum Gasteiger partial charge on any atom is -0.457 e. The van der Waals surface area contributed by atoms with E-state index < -0.39 is 12.3 Å². The molecule has 0 atom stereocenters. The van der Waals surface area contributed by atoms with Gasteiger partial charge < -0.3 is 20.5 Å². The number of hydrogen-bond acceptors (Lipinski definition) is 4. The average molecular weight is 416 g/mol. The molecule has 0 radical (unpaired) electrons. The predicted octanol–water partition coefficient (Wildman–Crippen LogP) is 4.77. The summed E-state index contributed by atoms with van der Waals surface area (Å²) in [5.41, 5.74) is 7.47. The second-order valence-electron chi connectivity index (χ2n) is 6.43. The summed E-state index contributed by atoms with van der Waals surface area (Å²) in [5.74, 6) is 0.491. The van der Waals surface area contributed by atoms with Gasteiger partial charge in [0.25, 0.3) is 0 Å². The van der Waals surface area contributed by atoms with E-state index in [0.29, 0.717) is 30.2 Å². The quantitative estimate of drug-likeness (QED) is 0.555. The molecule has 0 unspecified atom stereocenters. The standard InChI is InChI=1S/C22H19F3N2O3/c23-22(24,25)30-20-9-3-16(4-10-20)14-27-13-15-1-7-18(8-2-15)29-19-11-5-17(6-12-19)21(26)28/h1-12,27H,13-14H2,(H2,26,28). The van der Waals surface area contributed by atoms with Crippen molar-refractivity contribution in [2.75, 3.05) is 0 Å². The molecule has 5 nitrogen and oxygen atoms in total. The summed E-state index contributed by atoms with van der Waals surface area (Å²) in [5, 5.41) is 3.22. The van der Waals surface area contributed by atoms with Crippen LogP contribution in [0.2, 0.25) is 0 Å². The van der Waals surface area contributed by atoms with Crippen molar-refractivity contribution >= 4 is 5.91 Å². The lowest BCUT2D eigenvalue weighted by molar-refractivity contribution is -0.274. The Hall–Kier alpha value is -3.52. The molecule has 0 fully saturated rings. The monoisotopic (exact) mass is 416 g/mol. The molecule has 3 aromatic rings. The van der Waals surface area contributed by atoms with Gasteiger partial charge in [0.05, 0.1) is 0 Å². The number of alkyl halides is 3. The van der Waals surface area contributed by atoms with Gasteiger partial charge in [-0.15, -0.1) is 13.2 Å². The maximum Gasteiger partial charge on any atom is 0.573 e. The van der Waals surface area contributed by atoms with Gasteiger partial charge in [-0.05, 0) is 59.7 Å². The number of benzene rings is 3. The molecule has 0 aliphatic rings. The Bertz CT molecular complexity index is 971. The SMILES string of the molecule is NC(=O)c1ccc(Oc2ccc(CNCc3ccc(OC(F)(F)F)cc3)cc2)cc1. The number of rotatable bonds is 8. The van der Waals surface area contributed by atoms with Crippen LogP contribution < -0.4 is 20.5 Å². The molecule has 0 aliphatic heterocycles. The van der Waals surface area contributed by atoms with Crippen LogP contribution in [-0.2, 0) is 13.1 Å². The molecule has 0 aliphatic carbocycles. The summed E-state index contributed by atoms with van der Waals surface area (Å²) in [6, 6.07) is 19.7. The Kier molecular flexibility index (Phi) is 6.58. The van der Waals surface area contributed by atoms with Crippen molar-refractivity contribution in [2.24, 2.45) is 5.73 Å². The zero-order valence-corrected chi connectivity index (χ0v) is 15.8. The minimum absolute atomic E-state index is 0.244. The minimum atomic E-state index is -4.69. The number of carbonyl (C=O) groups is 1. The Morgan fingerprint density at radius 1 is 0.767 bits per heavy atom. The van der Waals surface area contributed by atoms with Crippen molar-refractivity contribution in [3.05, 3.63) is 89.5 Å². The number of hydrogen-bond donors (Lipinski definition) is 2. The molecule has 3 rings (SSSR count). The molecule has 0 heterocycles. The summed E-state index contributed by atoms with van der Waals surface area (Å²) in [6.45, 7) is 1.07. The molecular weight excluding hydrogens is 397 g/mol. The fourth-order valence-corrected chi connectivity index (χ4v) is 2.66. The zero-order chi connectivity index (χ0) is 21.6. The molecule has 0 bridgehead atoms. The Labute approximate surface area is 171 Å². The maximum absolute atomic E-state index is 12.2. The highest BCUT2D eigenvalue weighted by Crippen LogP contribution is 2.23. The van der Waals surface area contributed by atoms with E-state index in [-0.39, 0.29) is 5.75 Å². The number of nitrogens with one attached hydrogen (secondary N) is 1. The van der Waals surface area contributed by atoms with Gasteiger partial charge in [-0.3, -0.25) is 4.79 Å². The van der Waals surface area contributed by atoms with Crippen molar-refractivity contribution in [1.29, 1.82) is 0 Å². The molecule has 156 valence electrons. The van der Waals surface area contributed by atoms with Crippen LogP contribution in [0, 0.1) is 0 Å².